The maximum absolute atomic E-state index is 12.4. The monoisotopic (exact) mass is 331 g/mol. The molecule has 3 heterocycles. The molecule has 1 N–H and O–H groups in total. The maximum Gasteiger partial charge on any atom is 0.291 e. The third-order valence-electron chi connectivity index (χ3n) is 4.68. The van der Waals surface area contributed by atoms with E-state index in [1.807, 2.05) is 0 Å². The van der Waals surface area contributed by atoms with Gasteiger partial charge in [-0.1, -0.05) is 12.8 Å². The van der Waals surface area contributed by atoms with Crippen LogP contribution in [0.3, 0.4) is 0 Å². The number of amides is 1. The van der Waals surface area contributed by atoms with Crippen LogP contribution in [-0.2, 0) is 4.79 Å². The van der Waals surface area contributed by atoms with Crippen LogP contribution in [0.1, 0.15) is 38.6 Å². The van der Waals surface area contributed by atoms with Crippen molar-refractivity contribution in [2.45, 2.75) is 38.6 Å². The Kier molecular flexibility index (Phi) is 5.30. The Labute approximate surface area is 141 Å². The molecule has 1 atom stereocenters. The number of likely N-dealkylation sites (tertiary alicyclic amines) is 1. The highest BCUT2D eigenvalue weighted by atomic mass is 16.2. The minimum Gasteiger partial charge on any atom is -0.353 e. The summed E-state index contributed by atoms with van der Waals surface area (Å²) in [6, 6.07) is 2.89. The van der Waals surface area contributed by atoms with Crippen molar-refractivity contribution in [3.8, 4) is 0 Å². The van der Waals surface area contributed by atoms with Crippen molar-refractivity contribution in [3.63, 3.8) is 0 Å². The summed E-state index contributed by atoms with van der Waals surface area (Å²) >= 11 is 0. The van der Waals surface area contributed by atoms with Gasteiger partial charge in [0.25, 0.3) is 5.56 Å². The first-order chi connectivity index (χ1) is 11.7. The highest BCUT2D eigenvalue weighted by Gasteiger charge is 2.18. The topological polar surface area (TPSA) is 71.6 Å². The highest BCUT2D eigenvalue weighted by molar-refractivity contribution is 5.79. The largest absolute Gasteiger partial charge is 0.353 e. The summed E-state index contributed by atoms with van der Waals surface area (Å²) in [7, 11) is 0. The Balaban J connectivity index is 1.57. The first-order valence-corrected chi connectivity index (χ1v) is 8.71. The quantitative estimate of drug-likeness (QED) is 0.889. The van der Waals surface area contributed by atoms with E-state index in [-0.39, 0.29) is 11.5 Å². The number of hydrogen-bond donors (Lipinski definition) is 1. The summed E-state index contributed by atoms with van der Waals surface area (Å²) < 4.78 is 2.90. The zero-order valence-corrected chi connectivity index (χ0v) is 14.1. The molecular formula is C17H25N5O2. The van der Waals surface area contributed by atoms with Crippen LogP contribution in [0.2, 0.25) is 0 Å². The zero-order chi connectivity index (χ0) is 16.9. The van der Waals surface area contributed by atoms with Gasteiger partial charge in [-0.05, 0) is 45.0 Å². The van der Waals surface area contributed by atoms with E-state index in [9.17, 15) is 9.59 Å². The molecule has 0 bridgehead atoms. The standard InChI is InChI=1S/C17H25N5O2/c1-14(22-17(24)15-7-6-11-21(15)13-19-22)16(23)18-8-12-20-9-4-2-3-5-10-20/h6-7,11,13-14H,2-5,8-10,12H2,1H3,(H,18,23). The predicted molar refractivity (Wildman–Crippen MR) is 92.1 cm³/mol. The predicted octanol–water partition coefficient (Wildman–Crippen LogP) is 1.05. The van der Waals surface area contributed by atoms with Crippen LogP contribution >= 0.6 is 0 Å². The summed E-state index contributed by atoms with van der Waals surface area (Å²) in [5.41, 5.74) is 0.270. The van der Waals surface area contributed by atoms with E-state index in [0.717, 1.165) is 19.6 Å². The van der Waals surface area contributed by atoms with E-state index in [4.69, 9.17) is 0 Å². The number of nitrogens with zero attached hydrogens (tertiary/aromatic N) is 4. The molecule has 7 nitrogen and oxygen atoms in total. The number of hydrogen-bond acceptors (Lipinski definition) is 4. The molecule has 3 rings (SSSR count). The molecule has 1 unspecified atom stereocenters. The molecule has 1 saturated heterocycles. The fourth-order valence-corrected chi connectivity index (χ4v) is 3.19. The Morgan fingerprint density at radius 1 is 1.29 bits per heavy atom. The number of aromatic nitrogens is 3. The van der Waals surface area contributed by atoms with Crippen LogP contribution in [0.5, 0.6) is 0 Å². The van der Waals surface area contributed by atoms with Crippen molar-refractivity contribution in [1.29, 1.82) is 0 Å². The Bertz CT molecular complexity index is 743. The molecule has 1 aliphatic rings. The minimum atomic E-state index is -0.624. The lowest BCUT2D eigenvalue weighted by atomic mass is 10.2. The van der Waals surface area contributed by atoms with Crippen LogP contribution in [0.15, 0.2) is 29.5 Å². The Morgan fingerprint density at radius 2 is 2.04 bits per heavy atom. The van der Waals surface area contributed by atoms with Gasteiger partial charge in [0.1, 0.15) is 17.9 Å². The van der Waals surface area contributed by atoms with Crippen molar-refractivity contribution in [2.24, 2.45) is 0 Å². The van der Waals surface area contributed by atoms with Gasteiger partial charge < -0.3 is 14.6 Å². The van der Waals surface area contributed by atoms with Crippen LogP contribution in [0.25, 0.3) is 5.52 Å². The van der Waals surface area contributed by atoms with Crippen molar-refractivity contribution in [1.82, 2.24) is 24.4 Å². The fourth-order valence-electron chi connectivity index (χ4n) is 3.19. The second-order valence-electron chi connectivity index (χ2n) is 6.40. The first kappa shape index (κ1) is 16.7. The second-order valence-corrected chi connectivity index (χ2v) is 6.40. The smallest absolute Gasteiger partial charge is 0.291 e. The molecule has 0 saturated carbocycles. The van der Waals surface area contributed by atoms with Gasteiger partial charge in [0.2, 0.25) is 5.91 Å². The van der Waals surface area contributed by atoms with Gasteiger partial charge in [-0.25, -0.2) is 4.68 Å². The van der Waals surface area contributed by atoms with Gasteiger partial charge in [0, 0.05) is 19.3 Å². The van der Waals surface area contributed by atoms with E-state index in [0.29, 0.717) is 12.1 Å². The third-order valence-corrected chi connectivity index (χ3v) is 4.68. The van der Waals surface area contributed by atoms with Gasteiger partial charge in [-0.15, -0.1) is 0 Å². The second kappa shape index (κ2) is 7.61. The van der Waals surface area contributed by atoms with Gasteiger partial charge >= 0.3 is 0 Å². The van der Waals surface area contributed by atoms with E-state index in [2.05, 4.69) is 15.3 Å². The molecule has 0 aromatic carbocycles. The zero-order valence-electron chi connectivity index (χ0n) is 14.1. The lowest BCUT2D eigenvalue weighted by molar-refractivity contribution is -0.124. The summed E-state index contributed by atoms with van der Waals surface area (Å²) in [6.07, 6.45) is 8.40. The Hall–Kier alpha value is -2.15. The van der Waals surface area contributed by atoms with Crippen molar-refractivity contribution < 1.29 is 4.79 Å². The molecule has 1 amide bonds. The molecule has 0 spiro atoms. The molecule has 0 radical (unpaired) electrons. The molecule has 2 aromatic heterocycles. The molecule has 2 aromatic rings. The average molecular weight is 331 g/mol. The molecule has 24 heavy (non-hydrogen) atoms. The van der Waals surface area contributed by atoms with Gasteiger partial charge in [-0.3, -0.25) is 9.59 Å². The van der Waals surface area contributed by atoms with Gasteiger partial charge in [-0.2, -0.15) is 5.10 Å². The molecule has 1 fully saturated rings. The maximum atomic E-state index is 12.4. The lowest BCUT2D eigenvalue weighted by Crippen LogP contribution is -2.41. The summed E-state index contributed by atoms with van der Waals surface area (Å²) in [5.74, 6) is -0.171. The van der Waals surface area contributed by atoms with E-state index in [1.54, 1.807) is 36.0 Å². The van der Waals surface area contributed by atoms with Crippen LogP contribution in [0.4, 0.5) is 0 Å². The van der Waals surface area contributed by atoms with E-state index < -0.39 is 6.04 Å². The molecule has 7 heteroatoms. The highest BCUT2D eigenvalue weighted by Crippen LogP contribution is 2.09. The van der Waals surface area contributed by atoms with E-state index >= 15 is 0 Å². The van der Waals surface area contributed by atoms with Crippen molar-refractivity contribution in [3.05, 3.63) is 35.0 Å². The number of carbonyl (C=O) groups is 1. The average Bonchev–Trinajstić information content (AvgIpc) is 2.92. The summed E-state index contributed by atoms with van der Waals surface area (Å²) in [6.45, 7) is 5.38. The summed E-state index contributed by atoms with van der Waals surface area (Å²) in [5, 5.41) is 7.04. The van der Waals surface area contributed by atoms with Gasteiger partial charge in [0.15, 0.2) is 0 Å². The van der Waals surface area contributed by atoms with Crippen LogP contribution in [-0.4, -0.2) is 51.2 Å². The number of fused-ring (bicyclic) bond motifs is 1. The molecule has 0 aliphatic carbocycles. The minimum absolute atomic E-state index is 0.171. The van der Waals surface area contributed by atoms with Crippen LogP contribution in [0, 0.1) is 0 Å². The van der Waals surface area contributed by atoms with E-state index in [1.165, 1.54) is 30.4 Å². The molecule has 1 aliphatic heterocycles. The first-order valence-electron chi connectivity index (χ1n) is 8.71. The van der Waals surface area contributed by atoms with Gasteiger partial charge in [0.05, 0.1) is 0 Å². The number of carbonyl (C=O) groups excluding carboxylic acids is 1. The molecular weight excluding hydrogens is 306 g/mol. The van der Waals surface area contributed by atoms with Crippen LogP contribution < -0.4 is 10.9 Å². The Morgan fingerprint density at radius 3 is 2.79 bits per heavy atom. The fraction of sp³-hybridized carbons (Fsp3) is 0.588. The normalized spacial score (nSPS) is 17.5. The number of nitrogens with one attached hydrogen (secondary N) is 1. The summed E-state index contributed by atoms with van der Waals surface area (Å²) in [4.78, 5) is 27.1. The molecule has 130 valence electrons. The third kappa shape index (κ3) is 3.67. The van der Waals surface area contributed by atoms with Crippen molar-refractivity contribution >= 4 is 11.4 Å². The lowest BCUT2D eigenvalue weighted by Gasteiger charge is -2.20. The number of rotatable bonds is 5. The van der Waals surface area contributed by atoms with Crippen molar-refractivity contribution in [2.75, 3.05) is 26.2 Å². The SMILES string of the molecule is CC(C(=O)NCCN1CCCCCC1)n1ncn2cccc2c1=O.